The fraction of sp³-hybridized carbons (Fsp3) is 0.500. The molecule has 2 rings (SSSR count). The van der Waals surface area contributed by atoms with E-state index in [0.717, 1.165) is 25.1 Å². The van der Waals surface area contributed by atoms with E-state index in [9.17, 15) is 0 Å². The van der Waals surface area contributed by atoms with Crippen LogP contribution in [0.3, 0.4) is 0 Å². The summed E-state index contributed by atoms with van der Waals surface area (Å²) in [6.07, 6.45) is 4.19. The largest absolute Gasteiger partial charge is 0.398 e. The van der Waals surface area contributed by atoms with E-state index in [4.69, 9.17) is 16.1 Å². The maximum Gasteiger partial charge on any atom is 0.101 e. The molecule has 1 aromatic carbocycles. The molecule has 0 aliphatic carbocycles. The summed E-state index contributed by atoms with van der Waals surface area (Å²) < 4.78 is 0. The minimum Gasteiger partial charge on any atom is -0.398 e. The lowest BCUT2D eigenvalue weighted by molar-refractivity contribution is 0.279. The predicted octanol–water partition coefficient (Wildman–Crippen LogP) is 1.88. The van der Waals surface area contributed by atoms with Gasteiger partial charge in [-0.25, -0.2) is 0 Å². The summed E-state index contributed by atoms with van der Waals surface area (Å²) in [5.41, 5.74) is 8.02. The molecule has 4 heteroatoms. The molecule has 1 aromatic rings. The molecule has 1 aliphatic heterocycles. The minimum absolute atomic E-state index is 0.250. The van der Waals surface area contributed by atoms with Crippen LogP contribution in [0.15, 0.2) is 18.2 Å². The monoisotopic (exact) mass is 245 g/mol. The molecule has 96 valence electrons. The van der Waals surface area contributed by atoms with Gasteiger partial charge in [0, 0.05) is 24.9 Å². The number of anilines is 2. The molecule has 0 saturated carbocycles. The molecule has 1 saturated heterocycles. The van der Waals surface area contributed by atoms with Gasteiger partial charge in [0.25, 0.3) is 0 Å². The molecule has 0 bridgehead atoms. The van der Waals surface area contributed by atoms with Crippen molar-refractivity contribution in [2.75, 3.05) is 23.8 Å². The van der Waals surface area contributed by atoms with Gasteiger partial charge in [-0.2, -0.15) is 5.26 Å². The van der Waals surface area contributed by atoms with Gasteiger partial charge in [-0.3, -0.25) is 0 Å². The summed E-state index contributed by atoms with van der Waals surface area (Å²) in [7, 11) is 0. The topological polar surface area (TPSA) is 73.3 Å². The number of nitrogens with two attached hydrogens (primary N) is 1. The van der Waals surface area contributed by atoms with E-state index in [2.05, 4.69) is 11.0 Å². The van der Waals surface area contributed by atoms with Crippen LogP contribution >= 0.6 is 0 Å². The van der Waals surface area contributed by atoms with E-state index in [-0.39, 0.29) is 6.61 Å². The van der Waals surface area contributed by atoms with Gasteiger partial charge in [0.2, 0.25) is 0 Å². The van der Waals surface area contributed by atoms with Crippen molar-refractivity contribution in [2.45, 2.75) is 31.7 Å². The van der Waals surface area contributed by atoms with Crippen molar-refractivity contribution >= 4 is 11.4 Å². The van der Waals surface area contributed by atoms with E-state index in [1.165, 1.54) is 12.8 Å². The van der Waals surface area contributed by atoms with Crippen molar-refractivity contribution in [2.24, 2.45) is 0 Å². The van der Waals surface area contributed by atoms with Crippen LogP contribution in [0.4, 0.5) is 11.4 Å². The fourth-order valence-corrected chi connectivity index (χ4v) is 2.63. The molecule has 1 aliphatic rings. The van der Waals surface area contributed by atoms with Gasteiger partial charge < -0.3 is 15.7 Å². The number of aliphatic hydroxyl groups excluding tert-OH is 1. The lowest BCUT2D eigenvalue weighted by Gasteiger charge is -2.27. The van der Waals surface area contributed by atoms with Crippen molar-refractivity contribution in [3.8, 4) is 6.07 Å². The molecular weight excluding hydrogens is 226 g/mol. The normalized spacial score (nSPS) is 18.9. The third-order valence-electron chi connectivity index (χ3n) is 3.56. The van der Waals surface area contributed by atoms with Crippen LogP contribution in [0.2, 0.25) is 0 Å². The second-order valence-corrected chi connectivity index (χ2v) is 4.74. The van der Waals surface area contributed by atoms with Gasteiger partial charge in [0.15, 0.2) is 0 Å². The number of aliphatic hydroxyl groups is 1. The SMILES string of the molecule is N#Cc1ccc(N2CCCC2CCCO)cc1N. The van der Waals surface area contributed by atoms with Crippen molar-refractivity contribution < 1.29 is 5.11 Å². The number of nitriles is 1. The average Bonchev–Trinajstić information content (AvgIpc) is 2.84. The molecule has 1 atom stereocenters. The number of nitrogen functional groups attached to an aromatic ring is 1. The van der Waals surface area contributed by atoms with E-state index >= 15 is 0 Å². The maximum absolute atomic E-state index is 8.92. The average molecular weight is 245 g/mol. The smallest absolute Gasteiger partial charge is 0.101 e. The molecule has 0 spiro atoms. The second kappa shape index (κ2) is 5.74. The third-order valence-corrected chi connectivity index (χ3v) is 3.56. The summed E-state index contributed by atoms with van der Waals surface area (Å²) in [4.78, 5) is 2.34. The highest BCUT2D eigenvalue weighted by atomic mass is 16.2. The molecule has 3 N–H and O–H groups in total. The van der Waals surface area contributed by atoms with Crippen molar-refractivity contribution in [3.05, 3.63) is 23.8 Å². The number of hydrogen-bond donors (Lipinski definition) is 2. The first-order valence-corrected chi connectivity index (χ1v) is 6.43. The van der Waals surface area contributed by atoms with Crippen LogP contribution < -0.4 is 10.6 Å². The Kier molecular flexibility index (Phi) is 4.06. The summed E-state index contributed by atoms with van der Waals surface area (Å²) in [5, 5.41) is 17.8. The number of hydrogen-bond acceptors (Lipinski definition) is 4. The molecule has 1 heterocycles. The van der Waals surface area contributed by atoms with Gasteiger partial charge in [-0.15, -0.1) is 0 Å². The Hall–Kier alpha value is -1.73. The third kappa shape index (κ3) is 2.57. The zero-order valence-electron chi connectivity index (χ0n) is 10.5. The first kappa shape index (κ1) is 12.7. The lowest BCUT2D eigenvalue weighted by atomic mass is 10.1. The highest BCUT2D eigenvalue weighted by molar-refractivity contribution is 5.64. The van der Waals surface area contributed by atoms with Gasteiger partial charge in [0.1, 0.15) is 6.07 Å². The Balaban J connectivity index is 2.15. The summed E-state index contributed by atoms with van der Waals surface area (Å²) >= 11 is 0. The van der Waals surface area contributed by atoms with E-state index in [1.807, 2.05) is 12.1 Å². The first-order chi connectivity index (χ1) is 8.76. The zero-order chi connectivity index (χ0) is 13.0. The molecule has 18 heavy (non-hydrogen) atoms. The molecular formula is C14H19N3O. The first-order valence-electron chi connectivity index (χ1n) is 6.43. The zero-order valence-corrected chi connectivity index (χ0v) is 10.5. The Bertz CT molecular complexity index is 453. The standard InChI is InChI=1S/C14H19N3O/c15-10-11-5-6-13(9-14(11)16)17-7-1-3-12(17)4-2-8-18/h5-6,9,12,18H,1-4,7-8,16H2. The van der Waals surface area contributed by atoms with Gasteiger partial charge in [-0.1, -0.05) is 0 Å². The number of nitrogens with zero attached hydrogens (tertiary/aromatic N) is 2. The Morgan fingerprint density at radius 2 is 2.33 bits per heavy atom. The molecule has 1 fully saturated rings. The van der Waals surface area contributed by atoms with Gasteiger partial charge in [0.05, 0.1) is 11.3 Å². The lowest BCUT2D eigenvalue weighted by Crippen LogP contribution is -2.29. The molecule has 0 aromatic heterocycles. The number of rotatable bonds is 4. The van der Waals surface area contributed by atoms with Gasteiger partial charge in [-0.05, 0) is 43.9 Å². The maximum atomic E-state index is 8.92. The molecule has 1 unspecified atom stereocenters. The Morgan fingerprint density at radius 1 is 1.50 bits per heavy atom. The van der Waals surface area contributed by atoms with Crippen LogP contribution in [-0.2, 0) is 0 Å². The van der Waals surface area contributed by atoms with Crippen LogP contribution in [0.25, 0.3) is 0 Å². The summed E-state index contributed by atoms with van der Waals surface area (Å²) in [6.45, 7) is 1.28. The summed E-state index contributed by atoms with van der Waals surface area (Å²) in [5.74, 6) is 0. The van der Waals surface area contributed by atoms with Crippen LogP contribution in [0.1, 0.15) is 31.2 Å². The fourth-order valence-electron chi connectivity index (χ4n) is 2.63. The quantitative estimate of drug-likeness (QED) is 0.794. The Morgan fingerprint density at radius 3 is 3.00 bits per heavy atom. The number of benzene rings is 1. The van der Waals surface area contributed by atoms with E-state index in [1.54, 1.807) is 6.07 Å². The van der Waals surface area contributed by atoms with Crippen LogP contribution in [0, 0.1) is 11.3 Å². The predicted molar refractivity (Wildman–Crippen MR) is 72.3 cm³/mol. The molecule has 0 radical (unpaired) electrons. The Labute approximate surface area is 108 Å². The second-order valence-electron chi connectivity index (χ2n) is 4.74. The van der Waals surface area contributed by atoms with Crippen molar-refractivity contribution in [3.63, 3.8) is 0 Å². The highest BCUT2D eigenvalue weighted by Crippen LogP contribution is 2.30. The molecule has 4 nitrogen and oxygen atoms in total. The summed E-state index contributed by atoms with van der Waals surface area (Å²) in [6, 6.07) is 8.21. The minimum atomic E-state index is 0.250. The van der Waals surface area contributed by atoms with Crippen LogP contribution in [-0.4, -0.2) is 24.3 Å². The van der Waals surface area contributed by atoms with Crippen LogP contribution in [0.5, 0.6) is 0 Å². The van der Waals surface area contributed by atoms with E-state index in [0.29, 0.717) is 17.3 Å². The van der Waals surface area contributed by atoms with Crippen molar-refractivity contribution in [1.82, 2.24) is 0 Å². The molecule has 0 amide bonds. The van der Waals surface area contributed by atoms with Crippen molar-refractivity contribution in [1.29, 1.82) is 5.26 Å². The van der Waals surface area contributed by atoms with E-state index < -0.39 is 0 Å². The highest BCUT2D eigenvalue weighted by Gasteiger charge is 2.24. The van der Waals surface area contributed by atoms with Gasteiger partial charge >= 0.3 is 0 Å².